The molecule has 3 aliphatic heterocycles. The van der Waals surface area contributed by atoms with Crippen molar-refractivity contribution in [1.29, 1.82) is 5.26 Å². The molecule has 23 heavy (non-hydrogen) atoms. The number of likely N-dealkylation sites (tertiary alicyclic amines) is 1. The number of thioether (sulfide) groups is 1. The highest BCUT2D eigenvalue weighted by Crippen LogP contribution is 2.48. The van der Waals surface area contributed by atoms with E-state index in [1.807, 2.05) is 11.8 Å². The second-order valence-electron chi connectivity index (χ2n) is 6.93. The monoisotopic (exact) mass is 337 g/mol. The van der Waals surface area contributed by atoms with Crippen LogP contribution in [0, 0.1) is 11.3 Å². The zero-order valence-corrected chi connectivity index (χ0v) is 14.1. The van der Waals surface area contributed by atoms with Gasteiger partial charge in [0.15, 0.2) is 5.79 Å². The zero-order valence-electron chi connectivity index (χ0n) is 13.3. The SMILES string of the molecule is N#C[C@@H]1CCCN1C(=O)[C@@H]1CSC2(CCC3(CC2)OCCO3)N1. The molecule has 4 fully saturated rings. The lowest BCUT2D eigenvalue weighted by Crippen LogP contribution is -2.54. The van der Waals surface area contributed by atoms with Crippen molar-refractivity contribution < 1.29 is 14.3 Å². The number of hydrogen-bond donors (Lipinski definition) is 1. The number of carbonyl (C=O) groups excluding carboxylic acids is 1. The van der Waals surface area contributed by atoms with Crippen molar-refractivity contribution in [3.63, 3.8) is 0 Å². The van der Waals surface area contributed by atoms with Gasteiger partial charge in [0.2, 0.25) is 5.91 Å². The zero-order chi connectivity index (χ0) is 15.9. The summed E-state index contributed by atoms with van der Waals surface area (Å²) in [6.07, 6.45) is 5.44. The highest BCUT2D eigenvalue weighted by molar-refractivity contribution is 8.01. The largest absolute Gasteiger partial charge is 0.348 e. The topological polar surface area (TPSA) is 74.6 Å². The molecule has 0 unspecified atom stereocenters. The quantitative estimate of drug-likeness (QED) is 0.775. The smallest absolute Gasteiger partial charge is 0.241 e. The van der Waals surface area contributed by atoms with Crippen molar-refractivity contribution >= 4 is 17.7 Å². The highest BCUT2D eigenvalue weighted by Gasteiger charge is 2.51. The molecule has 0 aromatic heterocycles. The van der Waals surface area contributed by atoms with Gasteiger partial charge >= 0.3 is 0 Å². The molecule has 7 heteroatoms. The molecule has 1 saturated carbocycles. The lowest BCUT2D eigenvalue weighted by molar-refractivity contribution is -0.181. The minimum Gasteiger partial charge on any atom is -0.348 e. The number of amides is 1. The second kappa shape index (κ2) is 5.92. The van der Waals surface area contributed by atoms with E-state index in [2.05, 4.69) is 11.4 Å². The van der Waals surface area contributed by atoms with Crippen LogP contribution >= 0.6 is 11.8 Å². The van der Waals surface area contributed by atoms with Crippen LogP contribution in [0.3, 0.4) is 0 Å². The third-order valence-corrected chi connectivity index (χ3v) is 7.16. The Morgan fingerprint density at radius 3 is 2.70 bits per heavy atom. The summed E-state index contributed by atoms with van der Waals surface area (Å²) in [7, 11) is 0. The third-order valence-electron chi connectivity index (χ3n) is 5.58. The first-order valence-electron chi connectivity index (χ1n) is 8.55. The predicted molar refractivity (Wildman–Crippen MR) is 85.6 cm³/mol. The van der Waals surface area contributed by atoms with Crippen LogP contribution < -0.4 is 5.32 Å². The number of nitrogens with zero attached hydrogens (tertiary/aromatic N) is 2. The molecule has 4 rings (SSSR count). The number of nitriles is 1. The molecule has 0 radical (unpaired) electrons. The van der Waals surface area contributed by atoms with E-state index in [-0.39, 0.29) is 28.6 Å². The predicted octanol–water partition coefficient (Wildman–Crippen LogP) is 1.22. The Labute approximate surface area is 140 Å². The molecule has 1 aliphatic carbocycles. The van der Waals surface area contributed by atoms with Gasteiger partial charge in [0.25, 0.3) is 0 Å². The Balaban J connectivity index is 1.38. The molecule has 1 N–H and O–H groups in total. The molecule has 4 aliphatic rings. The maximum Gasteiger partial charge on any atom is 0.241 e. The summed E-state index contributed by atoms with van der Waals surface area (Å²) >= 11 is 1.86. The van der Waals surface area contributed by atoms with Gasteiger partial charge in [0.1, 0.15) is 6.04 Å². The summed E-state index contributed by atoms with van der Waals surface area (Å²) < 4.78 is 11.6. The molecule has 126 valence electrons. The molecule has 2 spiro atoms. The number of ether oxygens (including phenoxy) is 2. The van der Waals surface area contributed by atoms with Gasteiger partial charge in [-0.05, 0) is 25.7 Å². The van der Waals surface area contributed by atoms with E-state index >= 15 is 0 Å². The minimum atomic E-state index is -0.365. The standard InChI is InChI=1S/C16H23N3O3S/c17-10-12-2-1-7-19(12)14(20)13-11-23-15(18-13)3-5-16(6-4-15)21-8-9-22-16/h12-13,18H,1-9,11H2/t12-,13-/m0/s1. The van der Waals surface area contributed by atoms with E-state index in [0.717, 1.165) is 50.8 Å². The van der Waals surface area contributed by atoms with Gasteiger partial charge in [-0.1, -0.05) is 0 Å². The van der Waals surface area contributed by atoms with Gasteiger partial charge < -0.3 is 14.4 Å². The molecule has 0 aromatic carbocycles. The fourth-order valence-electron chi connectivity index (χ4n) is 4.25. The Morgan fingerprint density at radius 1 is 1.26 bits per heavy atom. The van der Waals surface area contributed by atoms with Crippen LogP contribution in [0.5, 0.6) is 0 Å². The van der Waals surface area contributed by atoms with Gasteiger partial charge in [-0.15, -0.1) is 11.8 Å². The van der Waals surface area contributed by atoms with Crippen LogP contribution in [0.1, 0.15) is 38.5 Å². The van der Waals surface area contributed by atoms with Gasteiger partial charge in [0, 0.05) is 25.1 Å². The molecule has 1 amide bonds. The average Bonchev–Trinajstić information content (AvgIpc) is 3.30. The summed E-state index contributed by atoms with van der Waals surface area (Å²) in [5, 5.41) is 12.8. The number of hydrogen-bond acceptors (Lipinski definition) is 6. The van der Waals surface area contributed by atoms with E-state index in [9.17, 15) is 10.1 Å². The molecule has 6 nitrogen and oxygen atoms in total. The van der Waals surface area contributed by atoms with E-state index in [0.29, 0.717) is 13.2 Å². The first-order chi connectivity index (χ1) is 11.2. The lowest BCUT2D eigenvalue weighted by atomic mass is 9.89. The van der Waals surface area contributed by atoms with Gasteiger partial charge in [-0.25, -0.2) is 0 Å². The van der Waals surface area contributed by atoms with Gasteiger partial charge in [-0.2, -0.15) is 5.26 Å². The Kier molecular flexibility index (Phi) is 4.04. The summed E-state index contributed by atoms with van der Waals surface area (Å²) in [5.74, 6) is 0.533. The fourth-order valence-corrected chi connectivity index (χ4v) is 5.68. The first kappa shape index (κ1) is 15.7. The summed E-state index contributed by atoms with van der Waals surface area (Å²) in [5.41, 5.74) is 0. The summed E-state index contributed by atoms with van der Waals surface area (Å²) in [6, 6.07) is 1.87. The molecule has 3 heterocycles. The summed E-state index contributed by atoms with van der Waals surface area (Å²) in [6.45, 7) is 2.11. The van der Waals surface area contributed by atoms with Crippen LogP contribution in [-0.2, 0) is 14.3 Å². The molecular formula is C16H23N3O3S. The molecule has 0 bridgehead atoms. The fraction of sp³-hybridized carbons (Fsp3) is 0.875. The van der Waals surface area contributed by atoms with Crippen molar-refractivity contribution in [3.8, 4) is 6.07 Å². The number of nitrogens with one attached hydrogen (secondary N) is 1. The van der Waals surface area contributed by atoms with Crippen LogP contribution in [0.15, 0.2) is 0 Å². The van der Waals surface area contributed by atoms with Crippen LogP contribution in [0.4, 0.5) is 0 Å². The molecular weight excluding hydrogens is 314 g/mol. The van der Waals surface area contributed by atoms with Crippen molar-refractivity contribution in [3.05, 3.63) is 0 Å². The Hall–Kier alpha value is -0.810. The van der Waals surface area contributed by atoms with E-state index in [4.69, 9.17) is 9.47 Å². The van der Waals surface area contributed by atoms with E-state index < -0.39 is 0 Å². The van der Waals surface area contributed by atoms with Gasteiger partial charge in [-0.3, -0.25) is 10.1 Å². The summed E-state index contributed by atoms with van der Waals surface area (Å²) in [4.78, 5) is 14.5. The van der Waals surface area contributed by atoms with E-state index in [1.165, 1.54) is 0 Å². The third kappa shape index (κ3) is 2.76. The number of rotatable bonds is 1. The van der Waals surface area contributed by atoms with Crippen LogP contribution in [0.2, 0.25) is 0 Å². The molecule has 2 atom stereocenters. The Bertz CT molecular complexity index is 519. The second-order valence-corrected chi connectivity index (χ2v) is 8.33. The normalized spacial score (nSPS) is 35.0. The van der Waals surface area contributed by atoms with Crippen molar-refractivity contribution in [1.82, 2.24) is 10.2 Å². The van der Waals surface area contributed by atoms with Crippen LogP contribution in [0.25, 0.3) is 0 Å². The number of carbonyl (C=O) groups is 1. The van der Waals surface area contributed by atoms with Gasteiger partial charge in [0.05, 0.1) is 30.2 Å². The molecule has 3 saturated heterocycles. The van der Waals surface area contributed by atoms with E-state index in [1.54, 1.807) is 4.90 Å². The van der Waals surface area contributed by atoms with Crippen molar-refractivity contribution in [2.24, 2.45) is 0 Å². The molecule has 0 aromatic rings. The average molecular weight is 337 g/mol. The highest BCUT2D eigenvalue weighted by atomic mass is 32.2. The van der Waals surface area contributed by atoms with Crippen molar-refractivity contribution in [2.45, 2.75) is 61.3 Å². The minimum absolute atomic E-state index is 0.0250. The first-order valence-corrected chi connectivity index (χ1v) is 9.54. The maximum atomic E-state index is 12.7. The van der Waals surface area contributed by atoms with Crippen molar-refractivity contribution in [2.75, 3.05) is 25.5 Å². The van der Waals surface area contributed by atoms with Crippen LogP contribution in [-0.4, -0.2) is 59.1 Å². The lowest BCUT2D eigenvalue weighted by Gasteiger charge is -2.41. The Morgan fingerprint density at radius 2 is 2.00 bits per heavy atom. The maximum absolute atomic E-state index is 12.7.